The summed E-state index contributed by atoms with van der Waals surface area (Å²) >= 11 is 6.22. The van der Waals surface area contributed by atoms with Crippen molar-refractivity contribution in [2.24, 2.45) is 5.73 Å². The van der Waals surface area contributed by atoms with E-state index in [-0.39, 0.29) is 18.2 Å². The van der Waals surface area contributed by atoms with Gasteiger partial charge in [-0.2, -0.15) is 4.98 Å². The van der Waals surface area contributed by atoms with Crippen molar-refractivity contribution in [3.05, 3.63) is 40.5 Å². The van der Waals surface area contributed by atoms with E-state index in [9.17, 15) is 9.59 Å². The molecule has 202 valence electrons. The molecule has 0 spiro atoms. The topological polar surface area (TPSA) is 129 Å². The van der Waals surface area contributed by atoms with E-state index in [1.807, 2.05) is 11.0 Å². The number of amides is 1. The zero-order valence-corrected chi connectivity index (χ0v) is 22.3. The Kier molecular flexibility index (Phi) is 11.1. The number of ether oxygens (including phenoxy) is 3. The summed E-state index contributed by atoms with van der Waals surface area (Å²) in [4.78, 5) is 34.9. The van der Waals surface area contributed by atoms with Crippen LogP contribution < -0.4 is 20.7 Å². The molecule has 0 bridgehead atoms. The van der Waals surface area contributed by atoms with Crippen LogP contribution in [0.4, 0.5) is 16.6 Å². The van der Waals surface area contributed by atoms with E-state index >= 15 is 0 Å². The van der Waals surface area contributed by atoms with Gasteiger partial charge in [-0.3, -0.25) is 4.79 Å². The van der Waals surface area contributed by atoms with Crippen LogP contribution in [0.15, 0.2) is 24.4 Å². The van der Waals surface area contributed by atoms with Gasteiger partial charge >= 0.3 is 6.16 Å². The van der Waals surface area contributed by atoms with Crippen molar-refractivity contribution in [1.82, 2.24) is 9.97 Å². The van der Waals surface area contributed by atoms with Crippen LogP contribution in [0.3, 0.4) is 0 Å². The van der Waals surface area contributed by atoms with Gasteiger partial charge in [-0.15, -0.1) is 0 Å². The largest absolute Gasteiger partial charge is 0.508 e. The first-order chi connectivity index (χ1) is 17.9. The van der Waals surface area contributed by atoms with Gasteiger partial charge in [0, 0.05) is 19.3 Å². The van der Waals surface area contributed by atoms with Crippen LogP contribution >= 0.6 is 11.6 Å². The number of hydrogen-bond acceptors (Lipinski definition) is 9. The Balaban J connectivity index is 1.59. The number of nitrogens with two attached hydrogens (primary N) is 1. The number of aromatic nitrogens is 2. The fourth-order valence-electron chi connectivity index (χ4n) is 4.17. The lowest BCUT2D eigenvalue weighted by Crippen LogP contribution is -2.35. The first-order valence-corrected chi connectivity index (χ1v) is 13.1. The molecule has 2 heterocycles. The second-order valence-corrected chi connectivity index (χ2v) is 9.34. The summed E-state index contributed by atoms with van der Waals surface area (Å²) in [7, 11) is 1.55. The van der Waals surface area contributed by atoms with Crippen LogP contribution in [0.1, 0.15) is 67.8 Å². The molecule has 1 aromatic carbocycles. The van der Waals surface area contributed by atoms with E-state index in [2.05, 4.69) is 22.2 Å². The van der Waals surface area contributed by atoms with E-state index < -0.39 is 12.1 Å². The number of primary amides is 1. The van der Waals surface area contributed by atoms with Gasteiger partial charge in [-0.25, -0.2) is 9.78 Å². The van der Waals surface area contributed by atoms with Gasteiger partial charge in [0.1, 0.15) is 18.2 Å². The number of carbonyl (C=O) groups is 2. The zero-order valence-electron chi connectivity index (χ0n) is 21.5. The Bertz CT molecular complexity index is 1050. The van der Waals surface area contributed by atoms with Gasteiger partial charge < -0.3 is 30.2 Å². The lowest BCUT2D eigenvalue weighted by molar-refractivity contribution is 0.0503. The number of methoxy groups -OCH3 is 1. The number of benzene rings is 1. The monoisotopic (exact) mass is 533 g/mol. The number of carbonyl (C=O) groups excluding carboxylic acids is 2. The number of anilines is 2. The van der Waals surface area contributed by atoms with E-state index in [0.717, 1.165) is 37.7 Å². The third-order valence-electron chi connectivity index (χ3n) is 6.21. The average Bonchev–Trinajstić information content (AvgIpc) is 3.37. The highest BCUT2D eigenvalue weighted by Gasteiger charge is 2.29. The quantitative estimate of drug-likeness (QED) is 0.256. The molecule has 1 aliphatic heterocycles. The Morgan fingerprint density at radius 1 is 1.22 bits per heavy atom. The van der Waals surface area contributed by atoms with Crippen LogP contribution in [-0.4, -0.2) is 54.9 Å². The average molecular weight is 534 g/mol. The predicted molar refractivity (Wildman–Crippen MR) is 142 cm³/mol. The van der Waals surface area contributed by atoms with Gasteiger partial charge in [-0.1, -0.05) is 50.3 Å². The van der Waals surface area contributed by atoms with Crippen LogP contribution in [0.2, 0.25) is 5.02 Å². The van der Waals surface area contributed by atoms with Crippen molar-refractivity contribution in [1.29, 1.82) is 0 Å². The second-order valence-electron chi connectivity index (χ2n) is 8.93. The molecule has 11 heteroatoms. The molecule has 3 N–H and O–H groups in total. The maximum atomic E-state index is 12.0. The van der Waals surface area contributed by atoms with E-state index in [0.29, 0.717) is 42.2 Å². The molecule has 1 aromatic heterocycles. The molecule has 10 nitrogen and oxygen atoms in total. The minimum Gasteiger partial charge on any atom is -0.495 e. The minimum absolute atomic E-state index is 0.0928. The zero-order chi connectivity index (χ0) is 26.6. The summed E-state index contributed by atoms with van der Waals surface area (Å²) < 4.78 is 15.7. The molecule has 3 rings (SSSR count). The molecular weight excluding hydrogens is 498 g/mol. The van der Waals surface area contributed by atoms with Crippen molar-refractivity contribution in [3.63, 3.8) is 0 Å². The van der Waals surface area contributed by atoms with Crippen LogP contribution in [0.5, 0.6) is 5.75 Å². The molecule has 1 amide bonds. The van der Waals surface area contributed by atoms with Crippen molar-refractivity contribution in [3.8, 4) is 5.75 Å². The molecule has 0 unspecified atom stereocenters. The normalized spacial score (nSPS) is 14.9. The molecule has 0 radical (unpaired) electrons. The van der Waals surface area contributed by atoms with Gasteiger partial charge in [0.25, 0.3) is 5.91 Å². The number of unbranched alkanes of at least 4 members (excludes halogenated alkanes) is 4. The molecule has 1 fully saturated rings. The third kappa shape index (κ3) is 8.38. The summed E-state index contributed by atoms with van der Waals surface area (Å²) in [6.45, 7) is 3.75. The van der Waals surface area contributed by atoms with Gasteiger partial charge in [0.2, 0.25) is 5.95 Å². The second kappa shape index (κ2) is 14.5. The summed E-state index contributed by atoms with van der Waals surface area (Å²) in [6, 6.07) is 5.32. The van der Waals surface area contributed by atoms with E-state index in [4.69, 9.17) is 31.5 Å². The molecule has 1 aliphatic rings. The lowest BCUT2D eigenvalue weighted by Gasteiger charge is -2.25. The number of nitrogens with one attached hydrogen (secondary N) is 1. The Labute approximate surface area is 222 Å². The predicted octanol–water partition coefficient (Wildman–Crippen LogP) is 4.94. The summed E-state index contributed by atoms with van der Waals surface area (Å²) in [5.74, 6) is 0.681. The van der Waals surface area contributed by atoms with E-state index in [1.165, 1.54) is 19.0 Å². The molecule has 1 saturated heterocycles. The fraction of sp³-hybridized carbons (Fsp3) is 0.538. The minimum atomic E-state index is -0.659. The smallest absolute Gasteiger partial charge is 0.495 e. The molecule has 0 aliphatic carbocycles. The highest BCUT2D eigenvalue weighted by molar-refractivity contribution is 6.32. The molecule has 1 atom stereocenters. The standard InChI is InChI=1S/C26H36ClN5O5/c1-3-4-5-6-7-13-36-26(34)37-17-19-9-8-12-32(19)25-30-16-20(23(28)33)24(31-25)29-15-18-10-11-22(35-2)21(27)14-18/h10-11,14,16,19H,3-9,12-13,15,17H2,1-2H3,(H2,28,33)(H,29,30,31)/t19-/m0/s1. The summed E-state index contributed by atoms with van der Waals surface area (Å²) in [6.07, 6.45) is 7.85. The first-order valence-electron chi connectivity index (χ1n) is 12.7. The van der Waals surface area contributed by atoms with Crippen LogP contribution in [0, 0.1) is 0 Å². The number of nitrogens with zero attached hydrogens (tertiary/aromatic N) is 3. The maximum absolute atomic E-state index is 12.0. The Hall–Kier alpha value is -3.27. The lowest BCUT2D eigenvalue weighted by atomic mass is 10.2. The van der Waals surface area contributed by atoms with Crippen molar-refractivity contribution in [2.75, 3.05) is 37.1 Å². The third-order valence-corrected chi connectivity index (χ3v) is 6.51. The summed E-state index contributed by atoms with van der Waals surface area (Å²) in [5, 5.41) is 3.64. The van der Waals surface area contributed by atoms with Crippen molar-refractivity contribution < 1.29 is 23.8 Å². The Morgan fingerprint density at radius 2 is 2.03 bits per heavy atom. The molecular formula is C26H36ClN5O5. The summed E-state index contributed by atoms with van der Waals surface area (Å²) in [5.41, 5.74) is 6.60. The van der Waals surface area contributed by atoms with E-state index in [1.54, 1.807) is 19.2 Å². The number of hydrogen-bond donors (Lipinski definition) is 2. The fourth-order valence-corrected chi connectivity index (χ4v) is 4.45. The SMILES string of the molecule is CCCCCCCOC(=O)OC[C@@H]1CCCN1c1ncc(C(N)=O)c(NCc2ccc(OC)c(Cl)c2)n1. The van der Waals surface area contributed by atoms with Gasteiger partial charge in [0.15, 0.2) is 0 Å². The maximum Gasteiger partial charge on any atom is 0.508 e. The first kappa shape index (κ1) is 28.3. The Morgan fingerprint density at radius 3 is 2.76 bits per heavy atom. The number of halogens is 1. The highest BCUT2D eigenvalue weighted by atomic mass is 35.5. The highest BCUT2D eigenvalue weighted by Crippen LogP contribution is 2.27. The van der Waals surface area contributed by atoms with Crippen LogP contribution in [-0.2, 0) is 16.0 Å². The van der Waals surface area contributed by atoms with Gasteiger partial charge in [0.05, 0.1) is 30.3 Å². The van der Waals surface area contributed by atoms with Crippen LogP contribution in [0.25, 0.3) is 0 Å². The molecule has 0 saturated carbocycles. The van der Waals surface area contributed by atoms with Gasteiger partial charge in [-0.05, 0) is 37.0 Å². The molecule has 2 aromatic rings. The molecule has 37 heavy (non-hydrogen) atoms. The van der Waals surface area contributed by atoms with Crippen molar-refractivity contribution in [2.45, 2.75) is 64.5 Å². The number of rotatable bonds is 14. The van der Waals surface area contributed by atoms with Crippen molar-refractivity contribution >= 4 is 35.4 Å².